The molecular weight excluding hydrogens is 198 g/mol. The summed E-state index contributed by atoms with van der Waals surface area (Å²) in [6.07, 6.45) is 1.45. The second kappa shape index (κ2) is 5.11. The lowest BCUT2D eigenvalue weighted by atomic mass is 10.2. The minimum atomic E-state index is -0.0373. The van der Waals surface area contributed by atoms with Crippen molar-refractivity contribution >= 4 is 11.7 Å². The van der Waals surface area contributed by atoms with Crippen LogP contribution >= 0.6 is 0 Å². The Morgan fingerprint density at radius 3 is 3.00 bits per heavy atom. The first kappa shape index (κ1) is 11.2. The fraction of sp³-hybridized carbons (Fsp3) is 0.375. The average molecular weight is 211 g/mol. The molecule has 1 aromatic rings. The molecule has 0 spiro atoms. The second-order valence-corrected chi connectivity index (χ2v) is 2.90. The van der Waals surface area contributed by atoms with E-state index in [1.807, 2.05) is 0 Å². The zero-order valence-electron chi connectivity index (χ0n) is 8.33. The number of anilines is 1. The van der Waals surface area contributed by atoms with E-state index >= 15 is 0 Å². The van der Waals surface area contributed by atoms with Crippen molar-refractivity contribution in [1.29, 1.82) is 0 Å². The molecule has 0 bridgehead atoms. The van der Waals surface area contributed by atoms with Gasteiger partial charge >= 0.3 is 0 Å². The molecule has 7 heteroatoms. The molecule has 0 aliphatic rings. The van der Waals surface area contributed by atoms with Crippen molar-refractivity contribution in [1.82, 2.24) is 10.2 Å². The van der Waals surface area contributed by atoms with Crippen LogP contribution in [0, 0.1) is 0 Å². The van der Waals surface area contributed by atoms with Gasteiger partial charge in [0.2, 0.25) is 0 Å². The molecule has 1 heterocycles. The van der Waals surface area contributed by atoms with E-state index in [0.29, 0.717) is 17.9 Å². The molecule has 82 valence electrons. The van der Waals surface area contributed by atoms with Crippen molar-refractivity contribution in [3.63, 3.8) is 0 Å². The van der Waals surface area contributed by atoms with Crippen LogP contribution < -0.4 is 10.6 Å². The number of nitrogens with two attached hydrogens (primary N) is 1. The van der Waals surface area contributed by atoms with E-state index in [4.69, 9.17) is 16.0 Å². The Kier molecular flexibility index (Phi) is 3.81. The summed E-state index contributed by atoms with van der Waals surface area (Å²) in [5.41, 5.74) is 5.95. The van der Waals surface area contributed by atoms with Crippen molar-refractivity contribution in [3.8, 4) is 0 Å². The van der Waals surface area contributed by atoms with Gasteiger partial charge in [-0.25, -0.2) is 0 Å². The maximum absolute atomic E-state index is 8.78. The SMILES string of the molecule is CN(CCO)c1nnccc1/C(N)=N/O. The number of nitrogens with zero attached hydrogens (tertiary/aromatic N) is 4. The average Bonchev–Trinajstić information content (AvgIpc) is 2.28. The molecule has 0 atom stereocenters. The van der Waals surface area contributed by atoms with Gasteiger partial charge in [0, 0.05) is 13.6 Å². The lowest BCUT2D eigenvalue weighted by Crippen LogP contribution is -2.26. The van der Waals surface area contributed by atoms with Crippen molar-refractivity contribution < 1.29 is 10.3 Å². The highest BCUT2D eigenvalue weighted by Crippen LogP contribution is 2.13. The molecule has 1 aromatic heterocycles. The standard InChI is InChI=1S/C8H13N5O2/c1-13(4-5-14)8-6(7(9)12-15)2-3-10-11-8/h2-3,14-15H,4-5H2,1H3,(H2,9,12). The normalized spacial score (nSPS) is 11.5. The third kappa shape index (κ3) is 2.53. The molecule has 0 amide bonds. The largest absolute Gasteiger partial charge is 0.409 e. The van der Waals surface area contributed by atoms with Crippen molar-refractivity contribution in [2.75, 3.05) is 25.1 Å². The summed E-state index contributed by atoms with van der Waals surface area (Å²) in [6.45, 7) is 0.382. The monoisotopic (exact) mass is 211 g/mol. The number of likely N-dealkylation sites (N-methyl/N-ethyl adjacent to an activating group) is 1. The van der Waals surface area contributed by atoms with E-state index in [-0.39, 0.29) is 12.4 Å². The molecule has 0 saturated carbocycles. The molecule has 0 saturated heterocycles. The minimum Gasteiger partial charge on any atom is -0.409 e. The molecule has 0 unspecified atom stereocenters. The fourth-order valence-electron chi connectivity index (χ4n) is 1.12. The van der Waals surface area contributed by atoms with Gasteiger partial charge in [0.15, 0.2) is 11.7 Å². The lowest BCUT2D eigenvalue weighted by Gasteiger charge is -2.18. The molecule has 7 nitrogen and oxygen atoms in total. The number of rotatable bonds is 4. The molecule has 4 N–H and O–H groups in total. The summed E-state index contributed by atoms with van der Waals surface area (Å²) >= 11 is 0. The van der Waals surface area contributed by atoms with Gasteiger partial charge in [0.25, 0.3) is 0 Å². The van der Waals surface area contributed by atoms with Gasteiger partial charge in [-0.3, -0.25) is 0 Å². The Balaban J connectivity index is 3.06. The Labute approximate surface area is 86.8 Å². The van der Waals surface area contributed by atoms with E-state index in [2.05, 4.69) is 15.4 Å². The van der Waals surface area contributed by atoms with E-state index < -0.39 is 0 Å². The number of hydrogen-bond donors (Lipinski definition) is 3. The van der Waals surface area contributed by atoms with Crippen LogP contribution in [-0.4, -0.2) is 46.5 Å². The summed E-state index contributed by atoms with van der Waals surface area (Å²) in [4.78, 5) is 1.67. The van der Waals surface area contributed by atoms with E-state index in [1.165, 1.54) is 6.20 Å². The molecule has 0 aromatic carbocycles. The molecule has 0 aliphatic heterocycles. The van der Waals surface area contributed by atoms with E-state index in [9.17, 15) is 0 Å². The first-order valence-corrected chi connectivity index (χ1v) is 4.32. The number of oxime groups is 1. The van der Waals surface area contributed by atoms with Crippen LogP contribution in [0.4, 0.5) is 5.82 Å². The molecule has 0 radical (unpaired) electrons. The van der Waals surface area contributed by atoms with Crippen LogP contribution in [0.25, 0.3) is 0 Å². The smallest absolute Gasteiger partial charge is 0.173 e. The fourth-order valence-corrected chi connectivity index (χ4v) is 1.12. The predicted molar refractivity (Wildman–Crippen MR) is 54.9 cm³/mol. The Bertz CT molecular complexity index is 355. The maximum Gasteiger partial charge on any atom is 0.173 e. The van der Waals surface area contributed by atoms with Gasteiger partial charge in [0.1, 0.15) is 0 Å². The predicted octanol–water partition coefficient (Wildman–Crippen LogP) is -1.00. The van der Waals surface area contributed by atoms with Gasteiger partial charge < -0.3 is 20.9 Å². The summed E-state index contributed by atoms with van der Waals surface area (Å²) in [5, 5.41) is 27.8. The van der Waals surface area contributed by atoms with Crippen molar-refractivity contribution in [2.45, 2.75) is 0 Å². The molecule has 0 aliphatic carbocycles. The van der Waals surface area contributed by atoms with E-state index in [0.717, 1.165) is 0 Å². The van der Waals surface area contributed by atoms with Crippen LogP contribution in [0.1, 0.15) is 5.56 Å². The first-order chi connectivity index (χ1) is 7.20. The summed E-state index contributed by atoms with van der Waals surface area (Å²) in [6, 6.07) is 1.59. The third-order valence-electron chi connectivity index (χ3n) is 1.88. The van der Waals surface area contributed by atoms with Gasteiger partial charge in [-0.05, 0) is 6.07 Å². The number of hydrogen-bond acceptors (Lipinski definition) is 6. The number of aromatic nitrogens is 2. The summed E-state index contributed by atoms with van der Waals surface area (Å²) in [5.74, 6) is 0.423. The van der Waals surface area contributed by atoms with Gasteiger partial charge in [-0.15, -0.1) is 5.10 Å². The van der Waals surface area contributed by atoms with Gasteiger partial charge in [-0.1, -0.05) is 5.16 Å². The Hall–Kier alpha value is -1.89. The second-order valence-electron chi connectivity index (χ2n) is 2.90. The topological polar surface area (TPSA) is 108 Å². The maximum atomic E-state index is 8.78. The van der Waals surface area contributed by atoms with Crippen LogP contribution in [-0.2, 0) is 0 Å². The number of amidine groups is 1. The quantitative estimate of drug-likeness (QED) is 0.255. The Morgan fingerprint density at radius 2 is 2.40 bits per heavy atom. The molecule has 15 heavy (non-hydrogen) atoms. The van der Waals surface area contributed by atoms with Crippen molar-refractivity contribution in [2.24, 2.45) is 10.9 Å². The van der Waals surface area contributed by atoms with Gasteiger partial charge in [0.05, 0.1) is 18.4 Å². The van der Waals surface area contributed by atoms with Gasteiger partial charge in [-0.2, -0.15) is 5.10 Å². The third-order valence-corrected chi connectivity index (χ3v) is 1.88. The zero-order chi connectivity index (χ0) is 11.3. The molecule has 0 fully saturated rings. The molecular formula is C8H13N5O2. The van der Waals surface area contributed by atoms with Crippen LogP contribution in [0.15, 0.2) is 17.4 Å². The number of aliphatic hydroxyl groups excluding tert-OH is 1. The van der Waals surface area contributed by atoms with Crippen LogP contribution in [0.3, 0.4) is 0 Å². The highest BCUT2D eigenvalue weighted by Gasteiger charge is 2.12. The van der Waals surface area contributed by atoms with E-state index in [1.54, 1.807) is 18.0 Å². The summed E-state index contributed by atoms with van der Waals surface area (Å²) in [7, 11) is 1.73. The van der Waals surface area contributed by atoms with Crippen LogP contribution in [0.2, 0.25) is 0 Å². The minimum absolute atomic E-state index is 0.0112. The lowest BCUT2D eigenvalue weighted by molar-refractivity contribution is 0.303. The number of aliphatic hydroxyl groups is 1. The summed E-state index contributed by atoms with van der Waals surface area (Å²) < 4.78 is 0. The Morgan fingerprint density at radius 1 is 1.67 bits per heavy atom. The first-order valence-electron chi connectivity index (χ1n) is 4.32. The highest BCUT2D eigenvalue weighted by molar-refractivity contribution is 6.01. The highest BCUT2D eigenvalue weighted by atomic mass is 16.4. The van der Waals surface area contributed by atoms with Crippen LogP contribution in [0.5, 0.6) is 0 Å². The van der Waals surface area contributed by atoms with Crippen molar-refractivity contribution in [3.05, 3.63) is 17.8 Å². The zero-order valence-corrected chi connectivity index (χ0v) is 8.33. The molecule has 1 rings (SSSR count).